The van der Waals surface area contributed by atoms with Crippen molar-refractivity contribution < 1.29 is 14.3 Å². The molecule has 1 saturated carbocycles. The largest absolute Gasteiger partial charge is 0.496 e. The Bertz CT molecular complexity index is 788. The molecule has 0 aromatic heterocycles. The van der Waals surface area contributed by atoms with Crippen molar-refractivity contribution in [2.45, 2.75) is 69.5 Å². The maximum atomic E-state index is 13.7. The summed E-state index contributed by atoms with van der Waals surface area (Å²) in [6.45, 7) is 4.03. The smallest absolute Gasteiger partial charge is 0.243 e. The van der Waals surface area contributed by atoms with Crippen molar-refractivity contribution >= 4 is 5.91 Å². The molecule has 5 nitrogen and oxygen atoms in total. The first-order valence-corrected chi connectivity index (χ1v) is 10.9. The second-order valence-corrected chi connectivity index (χ2v) is 9.08. The lowest BCUT2D eigenvalue weighted by atomic mass is 9.85. The summed E-state index contributed by atoms with van der Waals surface area (Å²) in [5.41, 5.74) is 2.01. The molecule has 5 heteroatoms. The Balaban J connectivity index is 1.50. The van der Waals surface area contributed by atoms with Gasteiger partial charge in [-0.25, -0.2) is 0 Å². The van der Waals surface area contributed by atoms with E-state index in [1.54, 1.807) is 14.2 Å². The molecule has 1 aromatic rings. The minimum atomic E-state index is -0.258. The van der Waals surface area contributed by atoms with E-state index < -0.39 is 0 Å². The van der Waals surface area contributed by atoms with Crippen molar-refractivity contribution in [2.24, 2.45) is 5.92 Å². The zero-order valence-electron chi connectivity index (χ0n) is 17.4. The number of hydrogen-bond donors (Lipinski definition) is 0. The zero-order valence-corrected chi connectivity index (χ0v) is 17.4. The van der Waals surface area contributed by atoms with Gasteiger partial charge in [0.05, 0.1) is 14.2 Å². The summed E-state index contributed by atoms with van der Waals surface area (Å²) in [5, 5.41) is 0. The van der Waals surface area contributed by atoms with Crippen LogP contribution in [-0.2, 0) is 4.79 Å². The number of likely N-dealkylation sites (tertiary alicyclic amines) is 1. The Morgan fingerprint density at radius 2 is 1.89 bits per heavy atom. The maximum Gasteiger partial charge on any atom is 0.243 e. The fourth-order valence-electron chi connectivity index (χ4n) is 6.80. The number of rotatable bonds is 4. The number of methoxy groups -OCH3 is 2. The van der Waals surface area contributed by atoms with Gasteiger partial charge in [-0.15, -0.1) is 0 Å². The van der Waals surface area contributed by atoms with Crippen molar-refractivity contribution in [3.05, 3.63) is 23.3 Å². The molecule has 0 N–H and O–H groups in total. The summed E-state index contributed by atoms with van der Waals surface area (Å²) < 4.78 is 11.3. The monoisotopic (exact) mass is 384 g/mol. The van der Waals surface area contributed by atoms with Crippen molar-refractivity contribution in [3.63, 3.8) is 0 Å². The van der Waals surface area contributed by atoms with Crippen LogP contribution in [0.5, 0.6) is 11.5 Å². The van der Waals surface area contributed by atoms with Gasteiger partial charge in [-0.2, -0.15) is 0 Å². The Labute approximate surface area is 168 Å². The van der Waals surface area contributed by atoms with E-state index in [1.165, 1.54) is 31.2 Å². The predicted octanol–water partition coefficient (Wildman–Crippen LogP) is 3.69. The molecule has 3 aliphatic heterocycles. The van der Waals surface area contributed by atoms with Crippen molar-refractivity contribution in [2.75, 3.05) is 27.3 Å². The average molecular weight is 385 g/mol. The third-order valence-corrected chi connectivity index (χ3v) is 8.01. The van der Waals surface area contributed by atoms with E-state index in [0.717, 1.165) is 49.4 Å². The average Bonchev–Trinajstić information content (AvgIpc) is 3.45. The molecule has 1 amide bonds. The Morgan fingerprint density at radius 3 is 2.61 bits per heavy atom. The Kier molecular flexibility index (Phi) is 4.34. The van der Waals surface area contributed by atoms with Crippen molar-refractivity contribution in [1.29, 1.82) is 0 Å². The zero-order chi connectivity index (χ0) is 19.5. The third kappa shape index (κ3) is 2.31. The first-order valence-electron chi connectivity index (χ1n) is 10.9. The molecule has 3 heterocycles. The van der Waals surface area contributed by atoms with Crippen LogP contribution in [0.25, 0.3) is 0 Å². The highest BCUT2D eigenvalue weighted by Crippen LogP contribution is 2.58. The fraction of sp³-hybridized carbons (Fsp3) is 0.696. The molecule has 4 fully saturated rings. The van der Waals surface area contributed by atoms with Gasteiger partial charge in [0, 0.05) is 35.7 Å². The first kappa shape index (κ1) is 18.3. The van der Waals surface area contributed by atoms with Crippen LogP contribution < -0.4 is 9.47 Å². The van der Waals surface area contributed by atoms with E-state index in [0.29, 0.717) is 17.9 Å². The van der Waals surface area contributed by atoms with Crippen LogP contribution in [0.3, 0.4) is 0 Å². The standard InChI is InChI=1S/C23H32N2O3/c1-15-20(27-2)10-9-18(21(15)28-3)19-13-16-14-24(17-7-4-5-8-17)22(26)23(16)11-6-12-25(19)23/h9-10,16-17,19H,4-8,11-14H2,1-3H3/t16-,19-,23-/m0/s1. The number of benzene rings is 1. The first-order chi connectivity index (χ1) is 13.6. The highest BCUT2D eigenvalue weighted by molar-refractivity contribution is 5.90. The lowest BCUT2D eigenvalue weighted by Gasteiger charge is -2.35. The quantitative estimate of drug-likeness (QED) is 0.794. The number of amides is 1. The van der Waals surface area contributed by atoms with Crippen molar-refractivity contribution in [1.82, 2.24) is 9.80 Å². The van der Waals surface area contributed by atoms with Gasteiger partial charge in [0.15, 0.2) is 0 Å². The summed E-state index contributed by atoms with van der Waals surface area (Å²) >= 11 is 0. The molecular weight excluding hydrogens is 352 g/mol. The van der Waals surface area contributed by atoms with Gasteiger partial charge < -0.3 is 14.4 Å². The second-order valence-electron chi connectivity index (χ2n) is 9.08. The molecule has 3 atom stereocenters. The topological polar surface area (TPSA) is 42.0 Å². The minimum Gasteiger partial charge on any atom is -0.496 e. The maximum absolute atomic E-state index is 13.7. The van der Waals surface area contributed by atoms with E-state index in [2.05, 4.69) is 28.9 Å². The summed E-state index contributed by atoms with van der Waals surface area (Å²) in [6.07, 6.45) is 8.15. The van der Waals surface area contributed by atoms with Crippen LogP contribution in [0.15, 0.2) is 12.1 Å². The molecule has 3 saturated heterocycles. The van der Waals surface area contributed by atoms with Crippen LogP contribution in [0.2, 0.25) is 0 Å². The highest BCUT2D eigenvalue weighted by atomic mass is 16.5. The van der Waals surface area contributed by atoms with Crippen LogP contribution in [-0.4, -0.2) is 54.6 Å². The normalized spacial score (nSPS) is 32.8. The second kappa shape index (κ2) is 6.65. The van der Waals surface area contributed by atoms with Crippen molar-refractivity contribution in [3.8, 4) is 11.5 Å². The van der Waals surface area contributed by atoms with E-state index >= 15 is 0 Å². The van der Waals surface area contributed by atoms with Gasteiger partial charge in [-0.3, -0.25) is 9.69 Å². The summed E-state index contributed by atoms with van der Waals surface area (Å²) in [7, 11) is 3.45. The summed E-state index contributed by atoms with van der Waals surface area (Å²) in [5.74, 6) is 2.65. The van der Waals surface area contributed by atoms with E-state index in [1.807, 2.05) is 0 Å². The van der Waals surface area contributed by atoms with Crippen LogP contribution in [0, 0.1) is 12.8 Å². The number of carbonyl (C=O) groups is 1. The van der Waals surface area contributed by atoms with E-state index in [4.69, 9.17) is 9.47 Å². The SMILES string of the molecule is COc1ccc([C@@H]2C[C@H]3CN(C4CCCC4)C(=O)[C@]34CCCN24)c(OC)c1C. The van der Waals surface area contributed by atoms with Crippen LogP contribution >= 0.6 is 0 Å². The van der Waals surface area contributed by atoms with Gasteiger partial charge >= 0.3 is 0 Å². The number of nitrogens with zero attached hydrogens (tertiary/aromatic N) is 2. The lowest BCUT2D eigenvalue weighted by Crippen LogP contribution is -2.51. The van der Waals surface area contributed by atoms with E-state index in [-0.39, 0.29) is 11.6 Å². The van der Waals surface area contributed by atoms with Crippen LogP contribution in [0.4, 0.5) is 0 Å². The fourth-order valence-corrected chi connectivity index (χ4v) is 6.80. The highest BCUT2D eigenvalue weighted by Gasteiger charge is 2.66. The van der Waals surface area contributed by atoms with E-state index in [9.17, 15) is 4.79 Å². The summed E-state index contributed by atoms with van der Waals surface area (Å²) in [4.78, 5) is 18.5. The lowest BCUT2D eigenvalue weighted by molar-refractivity contribution is -0.138. The number of hydrogen-bond acceptors (Lipinski definition) is 4. The molecule has 1 aliphatic carbocycles. The Morgan fingerprint density at radius 1 is 1.11 bits per heavy atom. The molecule has 1 spiro atoms. The van der Waals surface area contributed by atoms with Gasteiger partial charge in [0.1, 0.15) is 17.0 Å². The third-order valence-electron chi connectivity index (χ3n) is 8.01. The van der Waals surface area contributed by atoms with Gasteiger partial charge in [0.2, 0.25) is 5.91 Å². The van der Waals surface area contributed by atoms with Gasteiger partial charge in [-0.05, 0) is 51.6 Å². The van der Waals surface area contributed by atoms with Gasteiger partial charge in [-0.1, -0.05) is 18.9 Å². The molecule has 28 heavy (non-hydrogen) atoms. The molecular formula is C23H32N2O3. The molecule has 0 bridgehead atoms. The molecule has 152 valence electrons. The molecule has 5 rings (SSSR count). The molecule has 0 radical (unpaired) electrons. The Hall–Kier alpha value is -1.75. The molecule has 0 unspecified atom stereocenters. The molecule has 4 aliphatic rings. The number of ether oxygens (including phenoxy) is 2. The minimum absolute atomic E-state index is 0.258. The molecule has 1 aromatic carbocycles. The number of carbonyl (C=O) groups excluding carboxylic acids is 1. The van der Waals surface area contributed by atoms with Crippen LogP contribution in [0.1, 0.15) is 62.1 Å². The van der Waals surface area contributed by atoms with Gasteiger partial charge in [0.25, 0.3) is 0 Å². The predicted molar refractivity (Wildman–Crippen MR) is 108 cm³/mol. The summed E-state index contributed by atoms with van der Waals surface area (Å²) in [6, 6.07) is 4.96.